The maximum Gasteiger partial charge on any atom is 0.303 e. The molecule has 0 aromatic heterocycles. The summed E-state index contributed by atoms with van der Waals surface area (Å²) in [4.78, 5) is 46.2. The van der Waals surface area contributed by atoms with Crippen molar-refractivity contribution in [2.24, 2.45) is 0 Å². The lowest BCUT2D eigenvalue weighted by atomic mass is 9.98. The topological polar surface area (TPSA) is 124 Å². The van der Waals surface area contributed by atoms with Crippen LogP contribution >= 0.6 is 0 Å². The first-order valence-electron chi connectivity index (χ1n) is 9.51. The minimum Gasteiger partial charge on any atom is -0.463 e. The molecule has 0 spiro atoms. The first-order valence-corrected chi connectivity index (χ1v) is 9.51. The van der Waals surface area contributed by atoms with Gasteiger partial charge in [0.25, 0.3) is 0 Å². The van der Waals surface area contributed by atoms with Crippen molar-refractivity contribution >= 4 is 23.9 Å². The molecule has 10 nitrogen and oxygen atoms in total. The van der Waals surface area contributed by atoms with E-state index in [0.717, 1.165) is 13.8 Å². The number of carbonyl (C=O) groups excluding carboxylic acids is 4. The summed E-state index contributed by atoms with van der Waals surface area (Å²) >= 11 is 0. The lowest BCUT2D eigenvalue weighted by Crippen LogP contribution is -2.63. The van der Waals surface area contributed by atoms with Gasteiger partial charge in [-0.2, -0.15) is 0 Å². The summed E-state index contributed by atoms with van der Waals surface area (Å²) < 4.78 is 32.3. The van der Waals surface area contributed by atoms with Crippen LogP contribution in [0.25, 0.3) is 0 Å². The van der Waals surface area contributed by atoms with Crippen LogP contribution in [-0.4, -0.2) is 67.8 Å². The van der Waals surface area contributed by atoms with Crippen LogP contribution in [0, 0.1) is 12.3 Å². The zero-order valence-corrected chi connectivity index (χ0v) is 17.6. The molecule has 1 heterocycles. The van der Waals surface area contributed by atoms with E-state index in [0.29, 0.717) is 19.3 Å². The number of hydrogen-bond donors (Lipinski definition) is 0. The van der Waals surface area contributed by atoms with Crippen molar-refractivity contribution in [2.75, 3.05) is 13.2 Å². The van der Waals surface area contributed by atoms with Gasteiger partial charge in [-0.05, 0) is 12.8 Å². The molecule has 1 saturated heterocycles. The molecule has 0 N–H and O–H groups in total. The van der Waals surface area contributed by atoms with Crippen molar-refractivity contribution in [1.29, 1.82) is 0 Å². The second-order valence-corrected chi connectivity index (χ2v) is 6.60. The van der Waals surface area contributed by atoms with E-state index in [1.54, 1.807) is 0 Å². The molecule has 0 unspecified atom stereocenters. The van der Waals surface area contributed by atoms with Gasteiger partial charge in [0.1, 0.15) is 12.7 Å². The SMILES string of the molecule is C#CCCCCO[C@@H]1O[C@H](COC(C)=O)[C@H](OC(C)=O)[C@H](OC(C)=O)[C@H]1OC(C)=O. The molecule has 0 amide bonds. The Balaban J connectivity index is 3.14. The summed E-state index contributed by atoms with van der Waals surface area (Å²) in [5.41, 5.74) is 0. The molecule has 1 rings (SSSR count). The van der Waals surface area contributed by atoms with E-state index in [4.69, 9.17) is 34.8 Å². The Morgan fingerprint density at radius 3 is 1.93 bits per heavy atom. The number of hydrogen-bond acceptors (Lipinski definition) is 10. The van der Waals surface area contributed by atoms with Gasteiger partial charge in [0.15, 0.2) is 24.6 Å². The molecular formula is C20H28O10. The lowest BCUT2D eigenvalue weighted by Gasteiger charge is -2.44. The van der Waals surface area contributed by atoms with Gasteiger partial charge in [-0.1, -0.05) is 0 Å². The van der Waals surface area contributed by atoms with E-state index in [1.807, 2.05) is 0 Å². The Bertz CT molecular complexity index is 652. The minimum atomic E-state index is -1.24. The highest BCUT2D eigenvalue weighted by atomic mass is 16.7. The van der Waals surface area contributed by atoms with Crippen molar-refractivity contribution in [3.05, 3.63) is 0 Å². The smallest absolute Gasteiger partial charge is 0.303 e. The Kier molecular flexibility index (Phi) is 10.9. The molecule has 168 valence electrons. The number of carbonyl (C=O) groups is 4. The molecule has 1 fully saturated rings. The third kappa shape index (κ3) is 8.80. The van der Waals surface area contributed by atoms with Crippen LogP contribution in [0.3, 0.4) is 0 Å². The van der Waals surface area contributed by atoms with Crippen molar-refractivity contribution in [1.82, 2.24) is 0 Å². The Morgan fingerprint density at radius 2 is 1.40 bits per heavy atom. The predicted molar refractivity (Wildman–Crippen MR) is 101 cm³/mol. The van der Waals surface area contributed by atoms with E-state index < -0.39 is 54.6 Å². The fourth-order valence-corrected chi connectivity index (χ4v) is 2.85. The van der Waals surface area contributed by atoms with E-state index in [9.17, 15) is 19.2 Å². The minimum absolute atomic E-state index is 0.218. The van der Waals surface area contributed by atoms with Gasteiger partial charge < -0.3 is 28.4 Å². The molecule has 5 atom stereocenters. The van der Waals surface area contributed by atoms with E-state index in [1.165, 1.54) is 13.8 Å². The number of rotatable bonds is 10. The molecular weight excluding hydrogens is 400 g/mol. The summed E-state index contributed by atoms with van der Waals surface area (Å²) in [6.45, 7) is 4.60. The second kappa shape index (κ2) is 12.8. The molecule has 10 heteroatoms. The first kappa shape index (κ1) is 25.4. The zero-order chi connectivity index (χ0) is 22.7. The Labute approximate surface area is 175 Å². The molecule has 0 aromatic carbocycles. The van der Waals surface area contributed by atoms with E-state index in [-0.39, 0.29) is 13.2 Å². The number of unbranched alkanes of at least 4 members (excludes halogenated alkanes) is 2. The number of terminal acetylenes is 1. The van der Waals surface area contributed by atoms with Crippen molar-refractivity contribution in [3.8, 4) is 12.3 Å². The van der Waals surface area contributed by atoms with Crippen LogP contribution in [0.2, 0.25) is 0 Å². The molecule has 0 aliphatic carbocycles. The summed E-state index contributed by atoms with van der Waals surface area (Å²) in [5.74, 6) is -0.136. The van der Waals surface area contributed by atoms with Gasteiger partial charge >= 0.3 is 23.9 Å². The molecule has 1 aliphatic heterocycles. The second-order valence-electron chi connectivity index (χ2n) is 6.60. The van der Waals surface area contributed by atoms with E-state index in [2.05, 4.69) is 5.92 Å². The highest BCUT2D eigenvalue weighted by Gasteiger charge is 2.52. The highest BCUT2D eigenvalue weighted by molar-refractivity contribution is 5.68. The van der Waals surface area contributed by atoms with Crippen LogP contribution in [0.5, 0.6) is 0 Å². The number of ether oxygens (including phenoxy) is 6. The monoisotopic (exact) mass is 428 g/mol. The van der Waals surface area contributed by atoms with Crippen molar-refractivity contribution in [2.45, 2.75) is 77.7 Å². The van der Waals surface area contributed by atoms with E-state index >= 15 is 0 Å². The quantitative estimate of drug-likeness (QED) is 0.214. The van der Waals surface area contributed by atoms with Crippen molar-refractivity contribution in [3.63, 3.8) is 0 Å². The van der Waals surface area contributed by atoms with Gasteiger partial charge in [-0.3, -0.25) is 19.2 Å². The third-order valence-electron chi connectivity index (χ3n) is 3.95. The average Bonchev–Trinajstić information content (AvgIpc) is 2.63. The van der Waals surface area contributed by atoms with Gasteiger partial charge in [0.05, 0.1) is 0 Å². The molecule has 0 radical (unpaired) electrons. The largest absolute Gasteiger partial charge is 0.463 e. The van der Waals surface area contributed by atoms with Gasteiger partial charge in [-0.15, -0.1) is 12.3 Å². The normalized spacial score (nSPS) is 25.5. The fourth-order valence-electron chi connectivity index (χ4n) is 2.85. The van der Waals surface area contributed by atoms with Crippen LogP contribution in [0.1, 0.15) is 47.0 Å². The molecule has 0 bridgehead atoms. The first-order chi connectivity index (χ1) is 14.1. The van der Waals surface area contributed by atoms with Crippen LogP contribution < -0.4 is 0 Å². The highest BCUT2D eigenvalue weighted by Crippen LogP contribution is 2.30. The standard InChI is InChI=1S/C20H28O10/c1-6-7-8-9-10-25-20-19(29-15(5)24)18(28-14(4)23)17(27-13(3)22)16(30-20)11-26-12(2)21/h1,16-20H,7-11H2,2-5H3/t16-,17+,18+,19-,20-/m1/s1. The number of esters is 4. The Hall–Kier alpha value is -2.64. The average molecular weight is 428 g/mol. The fraction of sp³-hybridized carbons (Fsp3) is 0.700. The van der Waals surface area contributed by atoms with Gasteiger partial charge in [-0.25, -0.2) is 0 Å². The molecule has 0 saturated carbocycles. The lowest BCUT2D eigenvalue weighted by molar-refractivity contribution is -0.308. The van der Waals surface area contributed by atoms with Crippen molar-refractivity contribution < 1.29 is 47.6 Å². The summed E-state index contributed by atoms with van der Waals surface area (Å²) in [6.07, 6.45) is 1.29. The predicted octanol–water partition coefficient (Wildman–Crippen LogP) is 0.890. The summed E-state index contributed by atoms with van der Waals surface area (Å²) in [5, 5.41) is 0. The van der Waals surface area contributed by atoms with Gasteiger partial charge in [0.2, 0.25) is 0 Å². The van der Waals surface area contributed by atoms with Crippen LogP contribution in [0.4, 0.5) is 0 Å². The third-order valence-corrected chi connectivity index (χ3v) is 3.95. The maximum absolute atomic E-state index is 11.7. The Morgan fingerprint density at radius 1 is 0.833 bits per heavy atom. The molecule has 30 heavy (non-hydrogen) atoms. The zero-order valence-electron chi connectivity index (χ0n) is 17.6. The molecule has 1 aliphatic rings. The molecule has 0 aromatic rings. The summed E-state index contributed by atoms with van der Waals surface area (Å²) in [7, 11) is 0. The van der Waals surface area contributed by atoms with Crippen LogP contribution in [-0.2, 0) is 47.6 Å². The van der Waals surface area contributed by atoms with Gasteiger partial charge in [0, 0.05) is 40.7 Å². The maximum atomic E-state index is 11.7. The summed E-state index contributed by atoms with van der Waals surface area (Å²) in [6, 6.07) is 0. The van der Waals surface area contributed by atoms with Crippen LogP contribution in [0.15, 0.2) is 0 Å².